The van der Waals surface area contributed by atoms with E-state index in [9.17, 15) is 19.8 Å². The molecule has 0 saturated carbocycles. The molecular formula is C19H25N7O6. The summed E-state index contributed by atoms with van der Waals surface area (Å²) >= 11 is 0. The van der Waals surface area contributed by atoms with Crippen LogP contribution in [0.25, 0.3) is 22.7 Å². The van der Waals surface area contributed by atoms with Gasteiger partial charge in [-0.15, -0.1) is 5.10 Å². The highest BCUT2D eigenvalue weighted by Crippen LogP contribution is 2.31. The molecule has 1 saturated heterocycles. The van der Waals surface area contributed by atoms with Gasteiger partial charge in [-0.1, -0.05) is 5.21 Å². The molecule has 0 amide bonds. The minimum Gasteiger partial charge on any atom is -0.394 e. The summed E-state index contributed by atoms with van der Waals surface area (Å²) in [4.78, 5) is 29.6. The van der Waals surface area contributed by atoms with Gasteiger partial charge in [0.05, 0.1) is 19.3 Å². The first kappa shape index (κ1) is 21.0. The number of aryl methyl sites for hydroxylation is 2. The Labute approximate surface area is 181 Å². The third kappa shape index (κ3) is 3.20. The Balaban J connectivity index is 1.51. The number of aliphatic hydroxyl groups is 2. The van der Waals surface area contributed by atoms with E-state index >= 15 is 0 Å². The van der Waals surface area contributed by atoms with E-state index in [1.807, 2.05) is 4.57 Å². The fourth-order valence-electron chi connectivity index (χ4n) is 4.48. The van der Waals surface area contributed by atoms with E-state index in [2.05, 4.69) is 15.3 Å². The molecule has 0 aliphatic carbocycles. The van der Waals surface area contributed by atoms with Crippen molar-refractivity contribution in [2.75, 3.05) is 6.61 Å². The number of hydrogen-bond acceptors (Lipinski definition) is 9. The van der Waals surface area contributed by atoms with Crippen LogP contribution in [-0.4, -0.2) is 74.6 Å². The van der Waals surface area contributed by atoms with Crippen LogP contribution in [0.2, 0.25) is 0 Å². The lowest BCUT2D eigenvalue weighted by Gasteiger charge is -2.20. The zero-order chi connectivity index (χ0) is 22.8. The van der Waals surface area contributed by atoms with Gasteiger partial charge in [0.2, 0.25) is 0 Å². The SMILES string of the molecule is Cn1c(=O)c2nc(-c3cn(C[C@H]4OC(C)(C)O[C@@H]4[C@@H](O)CO)nn3)n3c2n(c1=O)CCC3. The van der Waals surface area contributed by atoms with Crippen LogP contribution in [0.15, 0.2) is 15.8 Å². The highest BCUT2D eigenvalue weighted by Gasteiger charge is 2.45. The number of nitrogens with zero attached hydrogens (tertiary/aromatic N) is 7. The molecule has 32 heavy (non-hydrogen) atoms. The van der Waals surface area contributed by atoms with E-state index < -0.39 is 36.3 Å². The van der Waals surface area contributed by atoms with E-state index in [0.717, 1.165) is 11.0 Å². The molecular weight excluding hydrogens is 422 g/mol. The van der Waals surface area contributed by atoms with Crippen LogP contribution < -0.4 is 11.2 Å². The van der Waals surface area contributed by atoms with Gasteiger partial charge in [0.1, 0.15) is 24.0 Å². The summed E-state index contributed by atoms with van der Waals surface area (Å²) in [6.45, 7) is 4.36. The molecule has 5 rings (SSSR count). The molecule has 2 N–H and O–H groups in total. The monoisotopic (exact) mass is 447 g/mol. The van der Waals surface area contributed by atoms with Crippen molar-refractivity contribution in [3.63, 3.8) is 0 Å². The Kier molecular flexibility index (Phi) is 4.81. The molecule has 0 unspecified atom stereocenters. The number of aliphatic hydroxyl groups excluding tert-OH is 2. The lowest BCUT2D eigenvalue weighted by molar-refractivity contribution is -0.157. The molecule has 0 aromatic carbocycles. The molecule has 2 aliphatic heterocycles. The number of imidazole rings is 1. The topological polar surface area (TPSA) is 151 Å². The summed E-state index contributed by atoms with van der Waals surface area (Å²) in [6, 6.07) is 0. The second-order valence-corrected chi connectivity index (χ2v) is 8.63. The van der Waals surface area contributed by atoms with Crippen molar-refractivity contribution in [2.24, 2.45) is 7.05 Å². The van der Waals surface area contributed by atoms with E-state index in [0.29, 0.717) is 30.3 Å². The van der Waals surface area contributed by atoms with E-state index in [4.69, 9.17) is 9.47 Å². The Bertz CT molecular complexity index is 1300. The number of aromatic nitrogens is 7. The third-order valence-electron chi connectivity index (χ3n) is 5.91. The lowest BCUT2D eigenvalue weighted by atomic mass is 10.1. The van der Waals surface area contributed by atoms with Crippen molar-refractivity contribution in [1.82, 2.24) is 33.7 Å². The Hall–Kier alpha value is -2.87. The number of ether oxygens (including phenoxy) is 2. The standard InChI is InChI=1S/C19H25N7O6/c1-19(2)31-12(14(32-19)11(28)9-27)8-24-7-10(21-22-24)15-20-13-16-25(15)5-4-6-26(16)18(30)23(3)17(13)29/h7,11-12,14,27-28H,4-6,8-9H2,1-3H3/t11-,12+,14+/m0/s1. The molecule has 0 spiro atoms. The number of hydrogen-bond donors (Lipinski definition) is 2. The van der Waals surface area contributed by atoms with Gasteiger partial charge in [0.25, 0.3) is 5.56 Å². The first-order chi connectivity index (χ1) is 15.2. The maximum Gasteiger partial charge on any atom is 0.332 e. The fraction of sp³-hybridized carbons (Fsp3) is 0.632. The molecule has 3 aromatic heterocycles. The summed E-state index contributed by atoms with van der Waals surface area (Å²) in [7, 11) is 1.44. The predicted octanol–water partition coefficient (Wildman–Crippen LogP) is -1.57. The van der Waals surface area contributed by atoms with Crippen molar-refractivity contribution < 1.29 is 19.7 Å². The van der Waals surface area contributed by atoms with Crippen LogP contribution in [0, 0.1) is 0 Å². The van der Waals surface area contributed by atoms with Crippen molar-refractivity contribution in [2.45, 2.75) is 64.0 Å². The minimum absolute atomic E-state index is 0.219. The molecule has 1 fully saturated rings. The molecule has 2 aliphatic rings. The average molecular weight is 447 g/mol. The van der Waals surface area contributed by atoms with Crippen LogP contribution >= 0.6 is 0 Å². The quantitative estimate of drug-likeness (QED) is 0.473. The Morgan fingerprint density at radius 3 is 2.75 bits per heavy atom. The van der Waals surface area contributed by atoms with Gasteiger partial charge in [-0.05, 0) is 20.3 Å². The van der Waals surface area contributed by atoms with Gasteiger partial charge in [-0.25, -0.2) is 14.5 Å². The van der Waals surface area contributed by atoms with Crippen molar-refractivity contribution in [3.8, 4) is 11.5 Å². The van der Waals surface area contributed by atoms with E-state index in [1.54, 1.807) is 29.3 Å². The minimum atomic E-state index is -1.10. The van der Waals surface area contributed by atoms with Crippen LogP contribution in [0.5, 0.6) is 0 Å². The molecule has 13 heteroatoms. The second-order valence-electron chi connectivity index (χ2n) is 8.63. The highest BCUT2D eigenvalue weighted by molar-refractivity contribution is 5.76. The van der Waals surface area contributed by atoms with Gasteiger partial charge < -0.3 is 24.3 Å². The van der Waals surface area contributed by atoms with Crippen LogP contribution in [0.4, 0.5) is 0 Å². The highest BCUT2D eigenvalue weighted by atomic mass is 16.8. The normalized spacial score (nSPS) is 23.2. The van der Waals surface area contributed by atoms with Gasteiger partial charge in [0.15, 0.2) is 22.8 Å². The van der Waals surface area contributed by atoms with Gasteiger partial charge in [-0.3, -0.25) is 13.9 Å². The Morgan fingerprint density at radius 2 is 2.00 bits per heavy atom. The summed E-state index contributed by atoms with van der Waals surface area (Å²) in [5, 5.41) is 27.8. The smallest absolute Gasteiger partial charge is 0.332 e. The maximum absolute atomic E-state index is 12.6. The third-order valence-corrected chi connectivity index (χ3v) is 5.91. The molecule has 5 heterocycles. The molecule has 3 atom stereocenters. The van der Waals surface area contributed by atoms with Gasteiger partial charge in [-0.2, -0.15) is 0 Å². The van der Waals surface area contributed by atoms with E-state index in [-0.39, 0.29) is 17.8 Å². The average Bonchev–Trinajstić information content (AvgIpc) is 3.45. The molecule has 172 valence electrons. The number of rotatable bonds is 5. The van der Waals surface area contributed by atoms with Gasteiger partial charge >= 0.3 is 5.69 Å². The second kappa shape index (κ2) is 7.33. The largest absolute Gasteiger partial charge is 0.394 e. The lowest BCUT2D eigenvalue weighted by Crippen LogP contribution is -2.40. The summed E-state index contributed by atoms with van der Waals surface area (Å²) in [5.41, 5.74) is 0.343. The first-order valence-electron chi connectivity index (χ1n) is 10.5. The van der Waals surface area contributed by atoms with Crippen LogP contribution in [-0.2, 0) is 36.2 Å². The van der Waals surface area contributed by atoms with Crippen molar-refractivity contribution in [3.05, 3.63) is 27.0 Å². The molecule has 0 bridgehead atoms. The molecule has 13 nitrogen and oxygen atoms in total. The summed E-state index contributed by atoms with van der Waals surface area (Å²) in [5.74, 6) is -0.456. The zero-order valence-electron chi connectivity index (χ0n) is 18.0. The summed E-state index contributed by atoms with van der Waals surface area (Å²) < 4.78 is 17.6. The zero-order valence-corrected chi connectivity index (χ0v) is 18.0. The molecule has 0 radical (unpaired) electrons. The van der Waals surface area contributed by atoms with Crippen LogP contribution in [0.3, 0.4) is 0 Å². The predicted molar refractivity (Wildman–Crippen MR) is 110 cm³/mol. The van der Waals surface area contributed by atoms with Gasteiger partial charge in [0, 0.05) is 20.1 Å². The maximum atomic E-state index is 12.6. The van der Waals surface area contributed by atoms with Crippen LogP contribution in [0.1, 0.15) is 20.3 Å². The van der Waals surface area contributed by atoms with Crippen molar-refractivity contribution in [1.29, 1.82) is 0 Å². The first-order valence-corrected chi connectivity index (χ1v) is 10.5. The molecule has 3 aromatic rings. The van der Waals surface area contributed by atoms with Crippen molar-refractivity contribution >= 4 is 11.2 Å². The summed E-state index contributed by atoms with van der Waals surface area (Å²) in [6.07, 6.45) is 0.0105. The van der Waals surface area contributed by atoms with E-state index in [1.165, 1.54) is 7.05 Å². The fourth-order valence-corrected chi connectivity index (χ4v) is 4.48. The Morgan fingerprint density at radius 1 is 1.25 bits per heavy atom.